The van der Waals surface area contributed by atoms with Gasteiger partial charge in [0.25, 0.3) is 0 Å². The first-order chi connectivity index (χ1) is 8.38. The molecule has 4 heteroatoms. The maximum absolute atomic E-state index is 8.34. The molecule has 0 fully saturated rings. The van der Waals surface area contributed by atoms with E-state index in [1.54, 1.807) is 0 Å². The van der Waals surface area contributed by atoms with E-state index in [0.29, 0.717) is 6.54 Å². The molecule has 0 radical (unpaired) electrons. The number of ether oxygens (including phenoxy) is 1. The Morgan fingerprint density at radius 2 is 2.12 bits per heavy atom. The van der Waals surface area contributed by atoms with E-state index in [9.17, 15) is 0 Å². The molecule has 1 aliphatic carbocycles. The normalized spacial score (nSPS) is 21.1. The van der Waals surface area contributed by atoms with Crippen LogP contribution in [0.25, 0.3) is 10.4 Å². The van der Waals surface area contributed by atoms with Crippen LogP contribution in [0.2, 0.25) is 0 Å². The number of hydrogen-bond acceptors (Lipinski definition) is 2. The molecule has 0 amide bonds. The molecule has 1 aromatic rings. The molecule has 1 heterocycles. The van der Waals surface area contributed by atoms with E-state index in [1.807, 2.05) is 0 Å². The summed E-state index contributed by atoms with van der Waals surface area (Å²) < 4.78 is 5.94. The van der Waals surface area contributed by atoms with Gasteiger partial charge >= 0.3 is 0 Å². The molecule has 1 aliphatic heterocycles. The van der Waals surface area contributed by atoms with Gasteiger partial charge in [-0.05, 0) is 47.9 Å². The van der Waals surface area contributed by atoms with Gasteiger partial charge in [0.05, 0.1) is 6.54 Å². The standard InChI is InChI=1S/C13H15N3O/c14-16-15-8-11-7-10-6-5-9-3-1-2-4-12(9)13(10)17-11/h5-6,11H,1-4,7-8H2. The quantitative estimate of drug-likeness (QED) is 0.436. The van der Waals surface area contributed by atoms with Crippen LogP contribution in [0.4, 0.5) is 0 Å². The predicted molar refractivity (Wildman–Crippen MR) is 65.2 cm³/mol. The van der Waals surface area contributed by atoms with Crippen LogP contribution >= 0.6 is 0 Å². The summed E-state index contributed by atoms with van der Waals surface area (Å²) in [5, 5.41) is 3.60. The van der Waals surface area contributed by atoms with Gasteiger partial charge in [0.1, 0.15) is 11.9 Å². The van der Waals surface area contributed by atoms with Gasteiger partial charge in [0, 0.05) is 11.3 Å². The number of rotatable bonds is 2. The third kappa shape index (κ3) is 1.85. The van der Waals surface area contributed by atoms with Gasteiger partial charge < -0.3 is 4.74 Å². The van der Waals surface area contributed by atoms with Gasteiger partial charge in [-0.3, -0.25) is 0 Å². The van der Waals surface area contributed by atoms with Crippen molar-refractivity contribution >= 4 is 0 Å². The number of azide groups is 1. The smallest absolute Gasteiger partial charge is 0.126 e. The van der Waals surface area contributed by atoms with Gasteiger partial charge in [0.15, 0.2) is 0 Å². The summed E-state index contributed by atoms with van der Waals surface area (Å²) in [5.74, 6) is 1.08. The highest BCUT2D eigenvalue weighted by atomic mass is 16.5. The summed E-state index contributed by atoms with van der Waals surface area (Å²) in [4.78, 5) is 2.79. The molecule has 3 rings (SSSR count). The number of nitrogens with zero attached hydrogens (tertiary/aromatic N) is 3. The van der Waals surface area contributed by atoms with Gasteiger partial charge in [-0.2, -0.15) is 0 Å². The zero-order valence-corrected chi connectivity index (χ0v) is 9.72. The highest BCUT2D eigenvalue weighted by molar-refractivity contribution is 5.50. The SMILES string of the molecule is [N-]=[N+]=NCC1Cc2ccc3c(c2O1)CCCC3. The van der Waals surface area contributed by atoms with Crippen LogP contribution in [0.5, 0.6) is 5.75 Å². The topological polar surface area (TPSA) is 58.0 Å². The van der Waals surface area contributed by atoms with Crippen molar-refractivity contribution in [1.82, 2.24) is 0 Å². The Kier molecular flexibility index (Phi) is 2.65. The second-order valence-corrected chi connectivity index (χ2v) is 4.76. The van der Waals surface area contributed by atoms with Gasteiger partial charge in [-0.25, -0.2) is 0 Å². The third-order valence-electron chi connectivity index (χ3n) is 3.64. The molecule has 0 spiro atoms. The van der Waals surface area contributed by atoms with Gasteiger partial charge in [-0.1, -0.05) is 17.2 Å². The predicted octanol–water partition coefficient (Wildman–Crippen LogP) is 3.18. The average Bonchev–Trinajstić information content (AvgIpc) is 2.79. The van der Waals surface area contributed by atoms with Crippen molar-refractivity contribution in [3.05, 3.63) is 39.3 Å². The molecule has 88 valence electrons. The zero-order valence-electron chi connectivity index (χ0n) is 9.72. The number of fused-ring (bicyclic) bond motifs is 3. The van der Waals surface area contributed by atoms with E-state index in [1.165, 1.54) is 36.0 Å². The molecule has 0 aromatic heterocycles. The second-order valence-electron chi connectivity index (χ2n) is 4.76. The lowest BCUT2D eigenvalue weighted by Gasteiger charge is -2.18. The Morgan fingerprint density at radius 3 is 3.00 bits per heavy atom. The van der Waals surface area contributed by atoms with Gasteiger partial charge in [0.2, 0.25) is 0 Å². The van der Waals surface area contributed by atoms with Crippen molar-refractivity contribution in [3.63, 3.8) is 0 Å². The van der Waals surface area contributed by atoms with Crippen molar-refractivity contribution in [2.45, 2.75) is 38.2 Å². The molecule has 0 saturated heterocycles. The van der Waals surface area contributed by atoms with Gasteiger partial charge in [-0.15, -0.1) is 0 Å². The minimum atomic E-state index is 0.0364. The van der Waals surface area contributed by atoms with Crippen LogP contribution in [-0.2, 0) is 19.3 Å². The number of aryl methyl sites for hydroxylation is 1. The van der Waals surface area contributed by atoms with Crippen molar-refractivity contribution in [2.24, 2.45) is 5.11 Å². The first kappa shape index (κ1) is 10.5. The van der Waals surface area contributed by atoms with Crippen molar-refractivity contribution < 1.29 is 4.74 Å². The fourth-order valence-electron chi connectivity index (χ4n) is 2.83. The summed E-state index contributed by atoms with van der Waals surface area (Å²) in [5.41, 5.74) is 12.5. The molecule has 2 aliphatic rings. The Morgan fingerprint density at radius 1 is 1.29 bits per heavy atom. The Balaban J connectivity index is 1.89. The Bertz CT molecular complexity index is 492. The fraction of sp³-hybridized carbons (Fsp3) is 0.538. The average molecular weight is 229 g/mol. The summed E-state index contributed by atoms with van der Waals surface area (Å²) in [6, 6.07) is 4.42. The summed E-state index contributed by atoms with van der Waals surface area (Å²) in [6.45, 7) is 0.431. The second kappa shape index (κ2) is 4.30. The molecule has 0 saturated carbocycles. The molecule has 4 nitrogen and oxygen atoms in total. The lowest BCUT2D eigenvalue weighted by atomic mass is 9.89. The van der Waals surface area contributed by atoms with Crippen LogP contribution in [0, 0.1) is 0 Å². The highest BCUT2D eigenvalue weighted by Crippen LogP contribution is 2.38. The van der Waals surface area contributed by atoms with Crippen LogP contribution < -0.4 is 4.74 Å². The minimum Gasteiger partial charge on any atom is -0.489 e. The van der Waals surface area contributed by atoms with E-state index in [0.717, 1.165) is 18.6 Å². The maximum atomic E-state index is 8.34. The summed E-state index contributed by atoms with van der Waals surface area (Å²) >= 11 is 0. The number of hydrogen-bond donors (Lipinski definition) is 0. The van der Waals surface area contributed by atoms with E-state index in [-0.39, 0.29) is 6.10 Å². The first-order valence-electron chi connectivity index (χ1n) is 6.19. The lowest BCUT2D eigenvalue weighted by molar-refractivity contribution is 0.238. The van der Waals surface area contributed by atoms with Crippen LogP contribution in [0.3, 0.4) is 0 Å². The Hall–Kier alpha value is -1.67. The lowest BCUT2D eigenvalue weighted by Crippen LogP contribution is -2.16. The van der Waals surface area contributed by atoms with Crippen molar-refractivity contribution in [1.29, 1.82) is 0 Å². The third-order valence-corrected chi connectivity index (χ3v) is 3.64. The molecular weight excluding hydrogens is 214 g/mol. The summed E-state index contributed by atoms with van der Waals surface area (Å²) in [6.07, 6.45) is 5.76. The summed E-state index contributed by atoms with van der Waals surface area (Å²) in [7, 11) is 0. The fourth-order valence-corrected chi connectivity index (χ4v) is 2.83. The Labute approximate surface area is 100 Å². The van der Waals surface area contributed by atoms with E-state index >= 15 is 0 Å². The van der Waals surface area contributed by atoms with E-state index in [4.69, 9.17) is 10.3 Å². The maximum Gasteiger partial charge on any atom is 0.126 e. The molecule has 1 unspecified atom stereocenters. The monoisotopic (exact) mass is 229 g/mol. The number of benzene rings is 1. The first-order valence-corrected chi connectivity index (χ1v) is 6.19. The molecule has 17 heavy (non-hydrogen) atoms. The molecule has 1 atom stereocenters. The van der Waals surface area contributed by atoms with Crippen LogP contribution in [0.15, 0.2) is 17.2 Å². The molecule has 0 bridgehead atoms. The van der Waals surface area contributed by atoms with Crippen LogP contribution in [0.1, 0.15) is 29.5 Å². The molecule has 1 aromatic carbocycles. The van der Waals surface area contributed by atoms with Crippen molar-refractivity contribution in [2.75, 3.05) is 6.54 Å². The van der Waals surface area contributed by atoms with E-state index in [2.05, 4.69) is 22.2 Å². The minimum absolute atomic E-state index is 0.0364. The highest BCUT2D eigenvalue weighted by Gasteiger charge is 2.27. The molecule has 0 N–H and O–H groups in total. The van der Waals surface area contributed by atoms with Crippen molar-refractivity contribution in [3.8, 4) is 5.75 Å². The molecular formula is C13H15N3O. The zero-order chi connectivity index (χ0) is 11.7. The van der Waals surface area contributed by atoms with E-state index < -0.39 is 0 Å². The van der Waals surface area contributed by atoms with Crippen LogP contribution in [-0.4, -0.2) is 12.6 Å². The largest absolute Gasteiger partial charge is 0.489 e.